The number of hydrogen-bond acceptors (Lipinski definition) is 3. The van der Waals surface area contributed by atoms with Crippen LogP contribution in [-0.2, 0) is 12.8 Å². The topological polar surface area (TPSA) is 50.7 Å². The van der Waals surface area contributed by atoms with Crippen LogP contribution in [0.25, 0.3) is 0 Å². The molecule has 2 aromatic carbocycles. The highest BCUT2D eigenvalue weighted by atomic mass is 15.0. The SMILES string of the molecule is Nc1ccc2c(c1)CC1(C=NC(c3ccccc3)=N1)C2. The molecule has 1 atom stereocenters. The van der Waals surface area contributed by atoms with Crippen molar-refractivity contribution in [3.8, 4) is 0 Å². The van der Waals surface area contributed by atoms with Crippen molar-refractivity contribution in [1.82, 2.24) is 0 Å². The molecule has 1 aliphatic carbocycles. The second-order valence-electron chi connectivity index (χ2n) is 5.54. The van der Waals surface area contributed by atoms with E-state index in [1.54, 1.807) is 0 Å². The summed E-state index contributed by atoms with van der Waals surface area (Å²) in [6.07, 6.45) is 3.82. The second kappa shape index (κ2) is 4.04. The van der Waals surface area contributed by atoms with E-state index in [2.05, 4.69) is 29.3 Å². The monoisotopic (exact) mass is 261 g/mol. The fourth-order valence-electron chi connectivity index (χ4n) is 3.05. The van der Waals surface area contributed by atoms with Crippen molar-refractivity contribution in [2.75, 3.05) is 5.73 Å². The molecule has 0 radical (unpaired) electrons. The molecular weight excluding hydrogens is 246 g/mol. The zero-order valence-electron chi connectivity index (χ0n) is 11.1. The van der Waals surface area contributed by atoms with Crippen molar-refractivity contribution >= 4 is 17.7 Å². The van der Waals surface area contributed by atoms with Crippen molar-refractivity contribution < 1.29 is 0 Å². The first-order chi connectivity index (χ1) is 9.74. The number of rotatable bonds is 1. The highest BCUT2D eigenvalue weighted by Crippen LogP contribution is 2.35. The van der Waals surface area contributed by atoms with Gasteiger partial charge in [-0.05, 0) is 23.3 Å². The number of nitrogens with zero attached hydrogens (tertiary/aromatic N) is 2. The third-order valence-electron chi connectivity index (χ3n) is 4.01. The van der Waals surface area contributed by atoms with E-state index in [0.29, 0.717) is 0 Å². The summed E-state index contributed by atoms with van der Waals surface area (Å²) in [6.45, 7) is 0. The smallest absolute Gasteiger partial charge is 0.155 e. The summed E-state index contributed by atoms with van der Waals surface area (Å²) in [7, 11) is 0. The lowest BCUT2D eigenvalue weighted by Crippen LogP contribution is -2.26. The Labute approximate surface area is 117 Å². The van der Waals surface area contributed by atoms with Crippen LogP contribution in [0.4, 0.5) is 5.69 Å². The Kier molecular flexibility index (Phi) is 2.30. The number of anilines is 1. The molecule has 2 aromatic rings. The summed E-state index contributed by atoms with van der Waals surface area (Å²) in [5, 5.41) is 0. The molecule has 3 heteroatoms. The number of benzene rings is 2. The minimum atomic E-state index is -0.193. The maximum absolute atomic E-state index is 5.87. The number of aliphatic imine (C=N–C) groups is 2. The summed E-state index contributed by atoms with van der Waals surface area (Å²) in [5.74, 6) is 0.839. The molecule has 98 valence electrons. The first-order valence-corrected chi connectivity index (χ1v) is 6.82. The van der Waals surface area contributed by atoms with Crippen LogP contribution in [0.1, 0.15) is 16.7 Å². The molecule has 0 bridgehead atoms. The van der Waals surface area contributed by atoms with E-state index >= 15 is 0 Å². The average molecular weight is 261 g/mol. The molecule has 4 rings (SSSR count). The van der Waals surface area contributed by atoms with Crippen molar-refractivity contribution in [3.63, 3.8) is 0 Å². The first-order valence-electron chi connectivity index (χ1n) is 6.82. The molecular formula is C17H15N3. The zero-order valence-corrected chi connectivity index (χ0v) is 11.1. The lowest BCUT2D eigenvalue weighted by atomic mass is 9.99. The molecule has 0 amide bonds. The van der Waals surface area contributed by atoms with E-state index in [1.807, 2.05) is 30.5 Å². The quantitative estimate of drug-likeness (QED) is 0.788. The molecule has 2 N–H and O–H groups in total. The Morgan fingerprint density at radius 3 is 2.60 bits per heavy atom. The van der Waals surface area contributed by atoms with Gasteiger partial charge in [-0.15, -0.1) is 0 Å². The van der Waals surface area contributed by atoms with Crippen LogP contribution in [0.2, 0.25) is 0 Å². The molecule has 1 heterocycles. The Morgan fingerprint density at radius 1 is 0.950 bits per heavy atom. The van der Waals surface area contributed by atoms with Gasteiger partial charge in [0.15, 0.2) is 5.84 Å². The van der Waals surface area contributed by atoms with Crippen molar-refractivity contribution in [2.24, 2.45) is 9.98 Å². The lowest BCUT2D eigenvalue weighted by molar-refractivity contribution is 0.629. The number of hydrogen-bond donors (Lipinski definition) is 1. The van der Waals surface area contributed by atoms with Gasteiger partial charge in [0.1, 0.15) is 5.54 Å². The Morgan fingerprint density at radius 2 is 1.75 bits per heavy atom. The average Bonchev–Trinajstić information content (AvgIpc) is 3.03. The Hall–Kier alpha value is -2.42. The summed E-state index contributed by atoms with van der Waals surface area (Å²) in [6, 6.07) is 16.3. The summed E-state index contributed by atoms with van der Waals surface area (Å²) in [4.78, 5) is 9.43. The zero-order chi connectivity index (χ0) is 13.6. The van der Waals surface area contributed by atoms with Crippen LogP contribution in [0.15, 0.2) is 58.5 Å². The predicted molar refractivity (Wildman–Crippen MR) is 82.5 cm³/mol. The van der Waals surface area contributed by atoms with Gasteiger partial charge in [0, 0.05) is 30.3 Å². The van der Waals surface area contributed by atoms with Gasteiger partial charge in [0.2, 0.25) is 0 Å². The molecule has 0 saturated carbocycles. The van der Waals surface area contributed by atoms with Gasteiger partial charge in [0.25, 0.3) is 0 Å². The number of amidine groups is 1. The van der Waals surface area contributed by atoms with E-state index in [0.717, 1.165) is 29.9 Å². The molecule has 0 aromatic heterocycles. The van der Waals surface area contributed by atoms with Gasteiger partial charge in [0.05, 0.1) is 0 Å². The summed E-state index contributed by atoms with van der Waals surface area (Å²) in [5.41, 5.74) is 10.2. The number of fused-ring (bicyclic) bond motifs is 1. The minimum Gasteiger partial charge on any atom is -0.399 e. The molecule has 1 spiro atoms. The van der Waals surface area contributed by atoms with Crippen LogP contribution < -0.4 is 5.73 Å². The fourth-order valence-corrected chi connectivity index (χ4v) is 3.05. The van der Waals surface area contributed by atoms with E-state index < -0.39 is 0 Å². The molecule has 1 unspecified atom stereocenters. The number of nitrogen functional groups attached to an aromatic ring is 1. The molecule has 3 nitrogen and oxygen atoms in total. The van der Waals surface area contributed by atoms with Crippen molar-refractivity contribution in [1.29, 1.82) is 0 Å². The molecule has 0 fully saturated rings. The fraction of sp³-hybridized carbons (Fsp3) is 0.176. The van der Waals surface area contributed by atoms with E-state index in [1.165, 1.54) is 11.1 Å². The third-order valence-corrected chi connectivity index (χ3v) is 4.01. The molecule has 20 heavy (non-hydrogen) atoms. The number of nitrogens with two attached hydrogens (primary N) is 1. The highest BCUT2D eigenvalue weighted by molar-refractivity contribution is 6.08. The second-order valence-corrected chi connectivity index (χ2v) is 5.54. The highest BCUT2D eigenvalue weighted by Gasteiger charge is 2.38. The molecule has 1 aliphatic heterocycles. The lowest BCUT2D eigenvalue weighted by Gasteiger charge is -2.14. The van der Waals surface area contributed by atoms with Gasteiger partial charge >= 0.3 is 0 Å². The largest absolute Gasteiger partial charge is 0.399 e. The van der Waals surface area contributed by atoms with Crippen LogP contribution in [0, 0.1) is 0 Å². The van der Waals surface area contributed by atoms with Crippen LogP contribution in [0.5, 0.6) is 0 Å². The first kappa shape index (κ1) is 11.4. The van der Waals surface area contributed by atoms with Gasteiger partial charge in [-0.25, -0.2) is 4.99 Å². The normalized spacial score (nSPS) is 23.1. The predicted octanol–water partition coefficient (Wildman–Crippen LogP) is 2.64. The van der Waals surface area contributed by atoms with Gasteiger partial charge in [-0.3, -0.25) is 4.99 Å². The van der Waals surface area contributed by atoms with Crippen LogP contribution >= 0.6 is 0 Å². The summed E-state index contributed by atoms with van der Waals surface area (Å²) < 4.78 is 0. The third kappa shape index (κ3) is 1.74. The van der Waals surface area contributed by atoms with Gasteiger partial charge < -0.3 is 5.73 Å². The Bertz CT molecular complexity index is 731. The van der Waals surface area contributed by atoms with Gasteiger partial charge in [-0.1, -0.05) is 36.4 Å². The maximum atomic E-state index is 5.87. The maximum Gasteiger partial charge on any atom is 0.155 e. The van der Waals surface area contributed by atoms with Crippen molar-refractivity contribution in [3.05, 3.63) is 65.2 Å². The van der Waals surface area contributed by atoms with E-state index in [4.69, 9.17) is 10.7 Å². The van der Waals surface area contributed by atoms with Crippen molar-refractivity contribution in [2.45, 2.75) is 18.4 Å². The Balaban J connectivity index is 1.70. The van der Waals surface area contributed by atoms with E-state index in [9.17, 15) is 0 Å². The molecule has 2 aliphatic rings. The van der Waals surface area contributed by atoms with Crippen LogP contribution in [-0.4, -0.2) is 17.6 Å². The molecule has 0 saturated heterocycles. The van der Waals surface area contributed by atoms with Gasteiger partial charge in [-0.2, -0.15) is 0 Å². The summed E-state index contributed by atoms with van der Waals surface area (Å²) >= 11 is 0. The standard InChI is InChI=1S/C17H15N3/c18-15-7-6-13-9-17(10-14(13)8-15)11-19-16(20-17)12-4-2-1-3-5-12/h1-8,11H,9-10,18H2. The van der Waals surface area contributed by atoms with Crippen LogP contribution in [0.3, 0.4) is 0 Å². The minimum absolute atomic E-state index is 0.193. The van der Waals surface area contributed by atoms with E-state index in [-0.39, 0.29) is 5.54 Å².